The lowest BCUT2D eigenvalue weighted by molar-refractivity contribution is 0.0555. The molecule has 0 aromatic rings. The third kappa shape index (κ3) is 3.66. The van der Waals surface area contributed by atoms with Gasteiger partial charge in [-0.05, 0) is 31.6 Å². The molecule has 3 fully saturated rings. The number of aliphatic imine (C=N–C) groups is 1. The number of amidine groups is 1. The smallest absolute Gasteiger partial charge is 0.157 e. The Morgan fingerprint density at radius 3 is 2.84 bits per heavy atom. The number of hydrogen-bond acceptors (Lipinski definition) is 3. The van der Waals surface area contributed by atoms with E-state index in [1.165, 1.54) is 49.4 Å². The molecule has 0 aromatic heterocycles. The van der Waals surface area contributed by atoms with Crippen LogP contribution in [-0.4, -0.2) is 36.2 Å². The highest BCUT2D eigenvalue weighted by atomic mass is 32.2. The predicted molar refractivity (Wildman–Crippen MR) is 81.9 cm³/mol. The molecule has 3 aliphatic rings. The third-order valence-electron chi connectivity index (χ3n) is 4.81. The molecule has 3 nitrogen and oxygen atoms in total. The predicted octanol–water partition coefficient (Wildman–Crippen LogP) is 3.20. The van der Waals surface area contributed by atoms with Crippen molar-refractivity contribution < 1.29 is 4.74 Å². The second-order valence-corrected chi connectivity index (χ2v) is 7.25. The lowest BCUT2D eigenvalue weighted by Gasteiger charge is -2.32. The fourth-order valence-electron chi connectivity index (χ4n) is 3.48. The van der Waals surface area contributed by atoms with Crippen molar-refractivity contribution in [3.63, 3.8) is 0 Å². The summed E-state index contributed by atoms with van der Waals surface area (Å²) < 4.78 is 5.46. The SMILES string of the molecule is C1CCC(CCCN=C2NC3(CCOCC3)CS2)C1. The average molecular weight is 282 g/mol. The van der Waals surface area contributed by atoms with Crippen LogP contribution in [0, 0.1) is 5.92 Å². The topological polar surface area (TPSA) is 33.6 Å². The number of thioether (sulfide) groups is 1. The number of nitrogens with one attached hydrogen (secondary N) is 1. The maximum atomic E-state index is 5.46. The Hall–Kier alpha value is -0.220. The molecule has 1 N–H and O–H groups in total. The molecule has 1 saturated carbocycles. The van der Waals surface area contributed by atoms with E-state index in [-0.39, 0.29) is 0 Å². The minimum absolute atomic E-state index is 0.299. The van der Waals surface area contributed by atoms with Gasteiger partial charge in [-0.15, -0.1) is 0 Å². The van der Waals surface area contributed by atoms with Crippen LogP contribution < -0.4 is 5.32 Å². The van der Waals surface area contributed by atoms with Gasteiger partial charge in [-0.25, -0.2) is 0 Å². The van der Waals surface area contributed by atoms with Crippen LogP contribution in [0.2, 0.25) is 0 Å². The molecule has 1 aliphatic carbocycles. The Bertz CT molecular complexity index is 320. The minimum atomic E-state index is 0.299. The zero-order chi connectivity index (χ0) is 13.0. The molecule has 0 unspecified atom stereocenters. The largest absolute Gasteiger partial charge is 0.381 e. The molecule has 1 spiro atoms. The van der Waals surface area contributed by atoms with Gasteiger partial charge in [0.1, 0.15) is 0 Å². The Labute approximate surface area is 121 Å². The van der Waals surface area contributed by atoms with Crippen LogP contribution >= 0.6 is 11.8 Å². The standard InChI is InChI=1S/C15H26N2OS/c1-2-5-13(4-1)6-3-9-16-14-17-15(12-19-14)7-10-18-11-8-15/h13H,1-12H2,(H,16,17). The first-order valence-electron chi connectivity index (χ1n) is 7.90. The summed E-state index contributed by atoms with van der Waals surface area (Å²) in [4.78, 5) is 4.76. The molecular formula is C15H26N2OS. The van der Waals surface area contributed by atoms with E-state index in [9.17, 15) is 0 Å². The minimum Gasteiger partial charge on any atom is -0.381 e. The van der Waals surface area contributed by atoms with Crippen molar-refractivity contribution in [3.05, 3.63) is 0 Å². The van der Waals surface area contributed by atoms with E-state index in [2.05, 4.69) is 5.32 Å². The van der Waals surface area contributed by atoms with Crippen molar-refractivity contribution in [1.29, 1.82) is 0 Å². The molecule has 108 valence electrons. The molecule has 3 rings (SSSR count). The van der Waals surface area contributed by atoms with Crippen molar-refractivity contribution in [2.24, 2.45) is 10.9 Å². The maximum Gasteiger partial charge on any atom is 0.157 e. The molecule has 0 aromatic carbocycles. The van der Waals surface area contributed by atoms with Crippen LogP contribution in [0.4, 0.5) is 0 Å². The lowest BCUT2D eigenvalue weighted by atomic mass is 9.93. The number of rotatable bonds is 4. The fourth-order valence-corrected chi connectivity index (χ4v) is 4.73. The van der Waals surface area contributed by atoms with Gasteiger partial charge in [0.05, 0.1) is 5.54 Å². The van der Waals surface area contributed by atoms with Crippen molar-refractivity contribution in [2.45, 2.75) is 56.9 Å². The Balaban J connectivity index is 1.38. The highest BCUT2D eigenvalue weighted by Gasteiger charge is 2.38. The van der Waals surface area contributed by atoms with Gasteiger partial charge in [-0.1, -0.05) is 37.4 Å². The first-order chi connectivity index (χ1) is 9.36. The Morgan fingerprint density at radius 2 is 2.05 bits per heavy atom. The molecule has 2 heterocycles. The molecule has 0 atom stereocenters. The summed E-state index contributed by atoms with van der Waals surface area (Å²) in [6.45, 7) is 2.82. The quantitative estimate of drug-likeness (QED) is 0.804. The second kappa shape index (κ2) is 6.49. The first kappa shape index (κ1) is 13.7. The average Bonchev–Trinajstić information content (AvgIpc) is 3.07. The van der Waals surface area contributed by atoms with Gasteiger partial charge >= 0.3 is 0 Å². The first-order valence-corrected chi connectivity index (χ1v) is 8.88. The van der Waals surface area contributed by atoms with Gasteiger partial charge < -0.3 is 10.1 Å². The molecule has 0 radical (unpaired) electrons. The lowest BCUT2D eigenvalue weighted by Crippen LogP contribution is -2.48. The van der Waals surface area contributed by atoms with Crippen molar-refractivity contribution in [1.82, 2.24) is 5.32 Å². The van der Waals surface area contributed by atoms with Gasteiger partial charge in [0, 0.05) is 25.5 Å². The summed E-state index contributed by atoms with van der Waals surface area (Å²) in [7, 11) is 0. The van der Waals surface area contributed by atoms with Gasteiger partial charge in [0.25, 0.3) is 0 Å². The number of ether oxygens (including phenoxy) is 1. The highest BCUT2D eigenvalue weighted by molar-refractivity contribution is 8.14. The monoisotopic (exact) mass is 282 g/mol. The summed E-state index contributed by atoms with van der Waals surface area (Å²) in [5.41, 5.74) is 0.299. The van der Waals surface area contributed by atoms with Gasteiger partial charge in [-0.3, -0.25) is 4.99 Å². The molecule has 4 heteroatoms. The third-order valence-corrected chi connectivity index (χ3v) is 6.01. The number of hydrogen-bond donors (Lipinski definition) is 1. The summed E-state index contributed by atoms with van der Waals surface area (Å²) in [6, 6.07) is 0. The summed E-state index contributed by atoms with van der Waals surface area (Å²) >= 11 is 1.91. The summed E-state index contributed by atoms with van der Waals surface area (Å²) in [5, 5.41) is 4.86. The van der Waals surface area contributed by atoms with E-state index < -0.39 is 0 Å². The normalized spacial score (nSPS) is 29.2. The molecule has 0 amide bonds. The fraction of sp³-hybridized carbons (Fsp3) is 0.933. The van der Waals surface area contributed by atoms with Crippen LogP contribution in [0.1, 0.15) is 51.4 Å². The summed E-state index contributed by atoms with van der Waals surface area (Å²) in [6.07, 6.45) is 10.8. The van der Waals surface area contributed by atoms with Crippen LogP contribution in [0.5, 0.6) is 0 Å². The Kier molecular flexibility index (Phi) is 4.69. The van der Waals surface area contributed by atoms with Gasteiger partial charge in [0.15, 0.2) is 5.17 Å². The van der Waals surface area contributed by atoms with Gasteiger partial charge in [-0.2, -0.15) is 0 Å². The highest BCUT2D eigenvalue weighted by Crippen LogP contribution is 2.32. The van der Waals surface area contributed by atoms with E-state index in [0.29, 0.717) is 5.54 Å². The van der Waals surface area contributed by atoms with E-state index in [1.807, 2.05) is 11.8 Å². The second-order valence-electron chi connectivity index (χ2n) is 6.29. The van der Waals surface area contributed by atoms with Crippen LogP contribution in [0.25, 0.3) is 0 Å². The maximum absolute atomic E-state index is 5.46. The molecular weight excluding hydrogens is 256 g/mol. The molecule has 2 saturated heterocycles. The van der Waals surface area contributed by atoms with Crippen LogP contribution in [0.3, 0.4) is 0 Å². The molecule has 0 bridgehead atoms. The van der Waals surface area contributed by atoms with Crippen LogP contribution in [0.15, 0.2) is 4.99 Å². The van der Waals surface area contributed by atoms with E-state index in [4.69, 9.17) is 9.73 Å². The zero-order valence-electron chi connectivity index (χ0n) is 11.8. The number of nitrogens with zero attached hydrogens (tertiary/aromatic N) is 1. The molecule has 2 aliphatic heterocycles. The van der Waals surface area contributed by atoms with Crippen molar-refractivity contribution >= 4 is 16.9 Å². The van der Waals surface area contributed by atoms with Crippen molar-refractivity contribution in [3.8, 4) is 0 Å². The van der Waals surface area contributed by atoms with E-state index in [1.54, 1.807) is 0 Å². The van der Waals surface area contributed by atoms with Crippen LogP contribution in [-0.2, 0) is 4.74 Å². The van der Waals surface area contributed by atoms with E-state index >= 15 is 0 Å². The summed E-state index contributed by atoms with van der Waals surface area (Å²) in [5.74, 6) is 2.18. The Morgan fingerprint density at radius 1 is 1.26 bits per heavy atom. The zero-order valence-corrected chi connectivity index (χ0v) is 12.6. The van der Waals surface area contributed by atoms with E-state index in [0.717, 1.165) is 38.5 Å². The molecule has 19 heavy (non-hydrogen) atoms. The van der Waals surface area contributed by atoms with Gasteiger partial charge in [0.2, 0.25) is 0 Å². The van der Waals surface area contributed by atoms with Crippen molar-refractivity contribution in [2.75, 3.05) is 25.5 Å².